The van der Waals surface area contributed by atoms with Crippen molar-refractivity contribution in [2.24, 2.45) is 17.5 Å². The standard InChI is InChI=1S/C9H14N2.2C9H13N.C8H14N2.C8H13N.3C7H12N2.C6H11N3/c1-9(2,3)7-4-5-8(10)11-6-7;2*1-9(2,3)8-5-4-6-10-7-8;1-8(2,3)7-5-9-6-10(7)4;1-8(2,3)7-4-5-9-6-7;1-7(2,3)6-4-8-5-9-6;1-7(2,3)6-8-4-5-9-6;1-7(2,3)6-4-5-8-9-6;1-6(2,3)5-7-4-8-9-5/h4-6H,1-3H3,(H2,10,11);2*4-7H,1-3H3;5-6H,1-4H3;4,6H,5H2,1-3H3;3*4-5H,1-3H3,(H,8,9);4H,1-3H3,(H,7,8,9). The molecule has 0 saturated heterocycles. The van der Waals surface area contributed by atoms with E-state index in [-0.39, 0.29) is 43.3 Å². The number of imidazole rings is 3. The number of nitrogens with one attached hydrogen (secondary N) is 4. The van der Waals surface area contributed by atoms with Crippen molar-refractivity contribution in [1.82, 2.24) is 69.8 Å². The van der Waals surface area contributed by atoms with Crippen LogP contribution in [0.25, 0.3) is 0 Å². The number of allylic oxidation sites excluding steroid dienone is 1. The van der Waals surface area contributed by atoms with E-state index in [0.717, 1.165) is 18.2 Å². The first-order valence-electron chi connectivity index (χ1n) is 29.8. The van der Waals surface area contributed by atoms with E-state index in [0.29, 0.717) is 11.2 Å². The number of aromatic nitrogens is 14. The van der Waals surface area contributed by atoms with Crippen LogP contribution in [0.5, 0.6) is 0 Å². The van der Waals surface area contributed by atoms with Crippen molar-refractivity contribution in [3.05, 3.63) is 180 Å². The first-order valence-corrected chi connectivity index (χ1v) is 29.8. The topological polar surface area (TPSA) is 222 Å². The van der Waals surface area contributed by atoms with Crippen molar-refractivity contribution >= 4 is 12.0 Å². The zero-order valence-electron chi connectivity index (χ0n) is 58.4. The van der Waals surface area contributed by atoms with Gasteiger partial charge in [-0.05, 0) is 68.2 Å². The lowest BCUT2D eigenvalue weighted by molar-refractivity contribution is 0.527. The highest BCUT2D eigenvalue weighted by Crippen LogP contribution is 2.26. The summed E-state index contributed by atoms with van der Waals surface area (Å²) in [5.74, 6) is 2.56. The Kier molecular flexibility index (Phi) is 29.9. The summed E-state index contributed by atoms with van der Waals surface area (Å²) in [5, 5.41) is 13.4. The number of aliphatic imine (C=N–C) groups is 1. The molecule has 9 rings (SSSR count). The molecule has 0 saturated carbocycles. The molecule has 6 N–H and O–H groups in total. The number of aryl methyl sites for hydroxylation is 1. The van der Waals surface area contributed by atoms with Gasteiger partial charge in [-0.3, -0.25) is 25.2 Å². The quantitative estimate of drug-likeness (QED) is 0.0966. The molecule has 0 aromatic carbocycles. The minimum atomic E-state index is 0.0938. The number of nitrogen functional groups attached to an aromatic ring is 1. The maximum atomic E-state index is 5.46. The predicted octanol–water partition coefficient (Wildman–Crippen LogP) is 16.7. The van der Waals surface area contributed by atoms with Crippen molar-refractivity contribution in [2.45, 2.75) is 230 Å². The van der Waals surface area contributed by atoms with Crippen LogP contribution < -0.4 is 5.73 Å². The Labute approximate surface area is 520 Å². The third-order valence-electron chi connectivity index (χ3n) is 12.8. The maximum Gasteiger partial charge on any atom is 0.137 e. The SMILES string of the molecule is CC(C)(C)C1=CCN=C1.CC(C)(C)c1ccc(N)nc1.CC(C)(C)c1cccnc1.CC(C)(C)c1cccnc1.CC(C)(C)c1ccn[nH]1.CC(C)(C)c1cnc[nH]1.CC(C)(C)c1ncc[nH]1.CC(C)(C)c1ncn[nH]1.Cn1cncc1C(C)(C)C. The number of anilines is 1. The Morgan fingerprint density at radius 1 is 0.430 bits per heavy atom. The molecule has 0 aliphatic carbocycles. The van der Waals surface area contributed by atoms with Gasteiger partial charge in [0.25, 0.3) is 0 Å². The molecule has 8 aromatic rings. The van der Waals surface area contributed by atoms with Crippen LogP contribution in [0.4, 0.5) is 5.82 Å². The van der Waals surface area contributed by atoms with Gasteiger partial charge in [-0.15, -0.1) is 0 Å². The zero-order chi connectivity index (χ0) is 66.0. The molecule has 0 atom stereocenters. The van der Waals surface area contributed by atoms with Crippen LogP contribution >= 0.6 is 0 Å². The fourth-order valence-electron chi connectivity index (χ4n) is 6.98. The summed E-state index contributed by atoms with van der Waals surface area (Å²) in [5.41, 5.74) is 16.0. The number of pyridine rings is 3. The summed E-state index contributed by atoms with van der Waals surface area (Å²) in [6, 6.07) is 14.0. The molecule has 0 bridgehead atoms. The second-order valence-electron chi connectivity index (χ2n) is 30.5. The number of hydrogen-bond acceptors (Lipinski definition) is 11. The van der Waals surface area contributed by atoms with Gasteiger partial charge >= 0.3 is 0 Å². The monoisotopic (exact) mass is 1180 g/mol. The minimum Gasteiger partial charge on any atom is -0.384 e. The van der Waals surface area contributed by atoms with Crippen molar-refractivity contribution in [3.63, 3.8) is 0 Å². The molecule has 8 aromatic heterocycles. The zero-order valence-corrected chi connectivity index (χ0v) is 58.4. The van der Waals surface area contributed by atoms with Crippen LogP contribution in [-0.2, 0) is 50.4 Å². The van der Waals surface area contributed by atoms with Gasteiger partial charge in [0.05, 0.1) is 19.2 Å². The van der Waals surface area contributed by atoms with Crippen LogP contribution in [0.1, 0.15) is 232 Å². The molecule has 86 heavy (non-hydrogen) atoms. The Hall–Kier alpha value is -7.36. The van der Waals surface area contributed by atoms with Gasteiger partial charge in [0.2, 0.25) is 0 Å². The molecule has 16 heteroatoms. The fraction of sp³-hybridized carbons (Fsp3) is 0.543. The average molecular weight is 1180 g/mol. The molecule has 1 aliphatic heterocycles. The Morgan fingerprint density at radius 2 is 0.965 bits per heavy atom. The van der Waals surface area contributed by atoms with Gasteiger partial charge in [0.15, 0.2) is 0 Å². The summed E-state index contributed by atoms with van der Waals surface area (Å²) in [6.45, 7) is 59.2. The molecule has 0 fully saturated rings. The lowest BCUT2D eigenvalue weighted by Gasteiger charge is -2.18. The Morgan fingerprint density at radius 3 is 1.19 bits per heavy atom. The number of rotatable bonds is 0. The van der Waals surface area contributed by atoms with E-state index in [4.69, 9.17) is 5.73 Å². The Balaban J connectivity index is 0.000000484. The summed E-state index contributed by atoms with van der Waals surface area (Å²) in [7, 11) is 2.02. The third kappa shape index (κ3) is 31.7. The van der Waals surface area contributed by atoms with Crippen molar-refractivity contribution in [3.8, 4) is 0 Å². The minimum absolute atomic E-state index is 0.0938. The van der Waals surface area contributed by atoms with Crippen LogP contribution in [0.2, 0.25) is 0 Å². The van der Waals surface area contributed by atoms with Crippen LogP contribution in [0.15, 0.2) is 140 Å². The molecule has 0 radical (unpaired) electrons. The van der Waals surface area contributed by atoms with Gasteiger partial charge < -0.3 is 20.3 Å². The van der Waals surface area contributed by atoms with E-state index < -0.39 is 0 Å². The van der Waals surface area contributed by atoms with Crippen LogP contribution in [0, 0.1) is 5.41 Å². The third-order valence-corrected chi connectivity index (χ3v) is 12.8. The molecule has 16 nitrogen and oxygen atoms in total. The van der Waals surface area contributed by atoms with Crippen molar-refractivity contribution in [1.29, 1.82) is 0 Å². The highest BCUT2D eigenvalue weighted by Gasteiger charge is 2.20. The molecule has 0 unspecified atom stereocenters. The second-order valence-corrected chi connectivity index (χ2v) is 30.5. The first kappa shape index (κ1) is 76.7. The predicted molar refractivity (Wildman–Crippen MR) is 363 cm³/mol. The van der Waals surface area contributed by atoms with Crippen LogP contribution in [0.3, 0.4) is 0 Å². The van der Waals surface area contributed by atoms with E-state index in [2.05, 4.69) is 280 Å². The van der Waals surface area contributed by atoms with Crippen LogP contribution in [-0.4, -0.2) is 82.6 Å². The average Bonchev–Trinajstić information content (AvgIpc) is 4.20. The van der Waals surface area contributed by atoms with E-state index in [1.807, 2.05) is 87.1 Å². The highest BCUT2D eigenvalue weighted by atomic mass is 15.2. The lowest BCUT2D eigenvalue weighted by atomic mass is 9.88. The van der Waals surface area contributed by atoms with Crippen molar-refractivity contribution in [2.75, 3.05) is 12.3 Å². The van der Waals surface area contributed by atoms with Gasteiger partial charge in [-0.25, -0.2) is 24.9 Å². The normalized spacial score (nSPS) is 12.4. The number of nitrogens with two attached hydrogens (primary N) is 1. The maximum absolute atomic E-state index is 5.46. The molecular formula is C70H114N16. The number of hydrogen-bond donors (Lipinski definition) is 5. The van der Waals surface area contributed by atoms with Crippen molar-refractivity contribution < 1.29 is 0 Å². The van der Waals surface area contributed by atoms with E-state index in [1.54, 1.807) is 31.1 Å². The van der Waals surface area contributed by atoms with E-state index >= 15 is 0 Å². The van der Waals surface area contributed by atoms with Gasteiger partial charge in [-0.1, -0.05) is 211 Å². The van der Waals surface area contributed by atoms with E-state index in [1.165, 1.54) is 45.7 Å². The Bertz CT molecular complexity index is 2790. The second kappa shape index (κ2) is 33.5. The number of nitrogens with zero attached hydrogens (tertiary/aromatic N) is 11. The van der Waals surface area contributed by atoms with Gasteiger partial charge in [0, 0.05) is 119 Å². The van der Waals surface area contributed by atoms with Gasteiger partial charge in [0.1, 0.15) is 23.8 Å². The first-order chi connectivity index (χ1) is 39.3. The summed E-state index contributed by atoms with van der Waals surface area (Å²) in [6.07, 6.45) is 27.7. The highest BCUT2D eigenvalue weighted by molar-refractivity contribution is 5.82. The molecule has 1 aliphatic rings. The molecule has 9 heterocycles. The molecule has 0 spiro atoms. The molecule has 0 amide bonds. The number of aromatic amines is 4. The molecule has 474 valence electrons. The summed E-state index contributed by atoms with van der Waals surface area (Å²) >= 11 is 0. The molecular weight excluding hydrogens is 1060 g/mol. The smallest absolute Gasteiger partial charge is 0.137 e. The van der Waals surface area contributed by atoms with Gasteiger partial charge in [-0.2, -0.15) is 10.2 Å². The summed E-state index contributed by atoms with van der Waals surface area (Å²) in [4.78, 5) is 38.5. The van der Waals surface area contributed by atoms with E-state index in [9.17, 15) is 0 Å². The number of H-pyrrole nitrogens is 4. The largest absolute Gasteiger partial charge is 0.384 e. The fourth-order valence-corrected chi connectivity index (χ4v) is 6.98. The lowest BCUT2D eigenvalue weighted by Crippen LogP contribution is -2.15. The summed E-state index contributed by atoms with van der Waals surface area (Å²) < 4.78 is 2.06.